The van der Waals surface area contributed by atoms with E-state index < -0.39 is 5.97 Å². The molecular weight excluding hydrogens is 230 g/mol. The van der Waals surface area contributed by atoms with E-state index in [2.05, 4.69) is 11.2 Å². The molecule has 0 saturated heterocycles. The summed E-state index contributed by atoms with van der Waals surface area (Å²) in [5.41, 5.74) is 3.99. The van der Waals surface area contributed by atoms with Gasteiger partial charge in [-0.15, -0.1) is 0 Å². The molecule has 18 heavy (non-hydrogen) atoms. The van der Waals surface area contributed by atoms with Crippen molar-refractivity contribution >= 4 is 5.97 Å². The number of hydrogen-bond acceptors (Lipinski definition) is 3. The summed E-state index contributed by atoms with van der Waals surface area (Å²) in [6.07, 6.45) is 0.461. The van der Waals surface area contributed by atoms with Gasteiger partial charge in [0.05, 0.1) is 12.1 Å². The number of carbonyl (C=O) groups is 1. The van der Waals surface area contributed by atoms with E-state index in [4.69, 9.17) is 9.63 Å². The van der Waals surface area contributed by atoms with Gasteiger partial charge in [0, 0.05) is 18.1 Å². The molecule has 0 amide bonds. The molecule has 0 aliphatic rings. The molecule has 2 aromatic rings. The number of aliphatic carboxylic acids is 1. The number of aryl methyl sites for hydroxylation is 3. The van der Waals surface area contributed by atoms with Crippen LogP contribution < -0.4 is 0 Å². The maximum absolute atomic E-state index is 10.5. The highest BCUT2D eigenvalue weighted by atomic mass is 16.5. The van der Waals surface area contributed by atoms with E-state index in [1.807, 2.05) is 26.0 Å². The molecule has 0 atom stereocenters. The molecule has 0 saturated carbocycles. The van der Waals surface area contributed by atoms with E-state index in [0.29, 0.717) is 17.9 Å². The van der Waals surface area contributed by atoms with Gasteiger partial charge in [0.2, 0.25) is 0 Å². The van der Waals surface area contributed by atoms with Crippen molar-refractivity contribution in [2.75, 3.05) is 0 Å². The Morgan fingerprint density at radius 1 is 1.33 bits per heavy atom. The van der Waals surface area contributed by atoms with E-state index in [1.165, 1.54) is 5.56 Å². The lowest BCUT2D eigenvalue weighted by atomic mass is 10.0. The highest BCUT2D eigenvalue weighted by molar-refractivity contribution is 5.67. The zero-order valence-corrected chi connectivity index (χ0v) is 10.4. The lowest BCUT2D eigenvalue weighted by Crippen LogP contribution is -1.97. The number of aromatic nitrogens is 1. The van der Waals surface area contributed by atoms with Crippen molar-refractivity contribution in [1.82, 2.24) is 5.16 Å². The molecule has 0 bridgehead atoms. The van der Waals surface area contributed by atoms with Gasteiger partial charge in [0.1, 0.15) is 0 Å². The van der Waals surface area contributed by atoms with Gasteiger partial charge in [0.25, 0.3) is 0 Å². The standard InChI is InChI=1S/C14H15NO3/c1-9-3-5-12(10(2)7-9)13-8-11(15-18-13)4-6-14(16)17/h3,5,7-8H,4,6H2,1-2H3,(H,16,17). The van der Waals surface area contributed by atoms with Crippen LogP contribution in [0, 0.1) is 13.8 Å². The highest BCUT2D eigenvalue weighted by Crippen LogP contribution is 2.25. The zero-order chi connectivity index (χ0) is 13.1. The molecule has 0 radical (unpaired) electrons. The van der Waals surface area contributed by atoms with Gasteiger partial charge in [-0.1, -0.05) is 28.9 Å². The molecule has 4 nitrogen and oxygen atoms in total. The Labute approximate surface area is 105 Å². The fourth-order valence-electron chi connectivity index (χ4n) is 1.88. The third kappa shape index (κ3) is 2.77. The second kappa shape index (κ2) is 5.04. The average molecular weight is 245 g/mol. The van der Waals surface area contributed by atoms with Crippen LogP contribution in [0.4, 0.5) is 0 Å². The predicted octanol–water partition coefficient (Wildman–Crippen LogP) is 2.98. The first kappa shape index (κ1) is 12.4. The molecule has 4 heteroatoms. The van der Waals surface area contributed by atoms with Crippen molar-refractivity contribution in [1.29, 1.82) is 0 Å². The molecule has 1 heterocycles. The second-order valence-corrected chi connectivity index (χ2v) is 4.39. The van der Waals surface area contributed by atoms with Crippen LogP contribution in [0.2, 0.25) is 0 Å². The van der Waals surface area contributed by atoms with Crippen LogP contribution in [0.15, 0.2) is 28.8 Å². The van der Waals surface area contributed by atoms with E-state index >= 15 is 0 Å². The summed E-state index contributed by atoms with van der Waals surface area (Å²) in [4.78, 5) is 10.5. The third-order valence-corrected chi connectivity index (χ3v) is 2.80. The number of rotatable bonds is 4. The molecule has 1 aromatic carbocycles. The summed E-state index contributed by atoms with van der Waals surface area (Å²) >= 11 is 0. The zero-order valence-electron chi connectivity index (χ0n) is 10.4. The molecule has 1 aromatic heterocycles. The van der Waals surface area contributed by atoms with Crippen molar-refractivity contribution in [2.24, 2.45) is 0 Å². The first-order valence-corrected chi connectivity index (χ1v) is 5.81. The first-order chi connectivity index (χ1) is 8.56. The number of carboxylic acids is 1. The van der Waals surface area contributed by atoms with Gasteiger partial charge in [-0.3, -0.25) is 4.79 Å². The first-order valence-electron chi connectivity index (χ1n) is 5.81. The maximum Gasteiger partial charge on any atom is 0.303 e. The minimum Gasteiger partial charge on any atom is -0.481 e. The minimum absolute atomic E-state index is 0.0683. The molecule has 0 aliphatic carbocycles. The summed E-state index contributed by atoms with van der Waals surface area (Å²) in [6.45, 7) is 4.05. The van der Waals surface area contributed by atoms with Gasteiger partial charge in [-0.2, -0.15) is 0 Å². The lowest BCUT2D eigenvalue weighted by Gasteiger charge is -2.02. The Hall–Kier alpha value is -2.10. The summed E-state index contributed by atoms with van der Waals surface area (Å²) in [5.74, 6) is -0.140. The van der Waals surface area contributed by atoms with Crippen molar-refractivity contribution in [3.05, 3.63) is 41.1 Å². The molecular formula is C14H15NO3. The van der Waals surface area contributed by atoms with E-state index in [0.717, 1.165) is 11.1 Å². The normalized spacial score (nSPS) is 10.6. The smallest absolute Gasteiger partial charge is 0.303 e. The third-order valence-electron chi connectivity index (χ3n) is 2.80. The molecule has 94 valence electrons. The van der Waals surface area contributed by atoms with Gasteiger partial charge in [-0.05, 0) is 19.4 Å². The Morgan fingerprint density at radius 2 is 2.11 bits per heavy atom. The maximum atomic E-state index is 10.5. The SMILES string of the molecule is Cc1ccc(-c2cc(CCC(=O)O)no2)c(C)c1. The lowest BCUT2D eigenvalue weighted by molar-refractivity contribution is -0.136. The average Bonchev–Trinajstić information content (AvgIpc) is 2.75. The van der Waals surface area contributed by atoms with Crippen LogP contribution in [-0.4, -0.2) is 16.2 Å². The molecule has 0 fully saturated rings. The van der Waals surface area contributed by atoms with Crippen LogP contribution in [0.3, 0.4) is 0 Å². The number of hydrogen-bond donors (Lipinski definition) is 1. The van der Waals surface area contributed by atoms with Gasteiger partial charge < -0.3 is 9.63 Å². The van der Waals surface area contributed by atoms with Gasteiger partial charge in [-0.25, -0.2) is 0 Å². The Balaban J connectivity index is 2.21. The molecule has 2 rings (SSSR count). The molecule has 0 unspecified atom stereocenters. The quantitative estimate of drug-likeness (QED) is 0.899. The van der Waals surface area contributed by atoms with Crippen molar-refractivity contribution in [3.8, 4) is 11.3 Å². The van der Waals surface area contributed by atoms with Crippen molar-refractivity contribution < 1.29 is 14.4 Å². The van der Waals surface area contributed by atoms with E-state index in [1.54, 1.807) is 6.07 Å². The van der Waals surface area contributed by atoms with Gasteiger partial charge >= 0.3 is 5.97 Å². The topological polar surface area (TPSA) is 63.3 Å². The monoisotopic (exact) mass is 245 g/mol. The number of carboxylic acid groups (broad SMARTS) is 1. The van der Waals surface area contributed by atoms with Crippen LogP contribution >= 0.6 is 0 Å². The largest absolute Gasteiger partial charge is 0.481 e. The minimum atomic E-state index is -0.828. The Morgan fingerprint density at radius 3 is 2.78 bits per heavy atom. The van der Waals surface area contributed by atoms with E-state index in [9.17, 15) is 4.79 Å². The van der Waals surface area contributed by atoms with Crippen LogP contribution in [0.5, 0.6) is 0 Å². The Kier molecular flexibility index (Phi) is 3.46. The predicted molar refractivity (Wildman–Crippen MR) is 67.4 cm³/mol. The summed E-state index contributed by atoms with van der Waals surface area (Å²) in [6, 6.07) is 7.89. The van der Waals surface area contributed by atoms with Crippen LogP contribution in [0.1, 0.15) is 23.2 Å². The highest BCUT2D eigenvalue weighted by Gasteiger charge is 2.10. The second-order valence-electron chi connectivity index (χ2n) is 4.39. The summed E-state index contributed by atoms with van der Waals surface area (Å²) < 4.78 is 5.26. The summed E-state index contributed by atoms with van der Waals surface area (Å²) in [5, 5.41) is 12.5. The Bertz CT molecular complexity index is 572. The van der Waals surface area contributed by atoms with Gasteiger partial charge in [0.15, 0.2) is 5.76 Å². The number of benzene rings is 1. The molecule has 1 N–H and O–H groups in total. The van der Waals surface area contributed by atoms with Crippen molar-refractivity contribution in [2.45, 2.75) is 26.7 Å². The number of nitrogens with zero attached hydrogens (tertiary/aromatic N) is 1. The van der Waals surface area contributed by atoms with E-state index in [-0.39, 0.29) is 6.42 Å². The fourth-order valence-corrected chi connectivity index (χ4v) is 1.88. The summed E-state index contributed by atoms with van der Waals surface area (Å²) in [7, 11) is 0. The molecule has 0 spiro atoms. The van der Waals surface area contributed by atoms with Crippen LogP contribution in [-0.2, 0) is 11.2 Å². The van der Waals surface area contributed by atoms with Crippen LogP contribution in [0.25, 0.3) is 11.3 Å². The molecule has 0 aliphatic heterocycles. The fraction of sp³-hybridized carbons (Fsp3) is 0.286. The van der Waals surface area contributed by atoms with Crippen molar-refractivity contribution in [3.63, 3.8) is 0 Å².